The van der Waals surface area contributed by atoms with Crippen molar-refractivity contribution in [3.05, 3.63) is 27.6 Å². The normalized spacial score (nSPS) is 9.89. The second kappa shape index (κ2) is 6.11. The highest BCUT2D eigenvalue weighted by Gasteiger charge is 2.12. The third-order valence-electron chi connectivity index (χ3n) is 2.25. The van der Waals surface area contributed by atoms with Gasteiger partial charge in [-0.3, -0.25) is 9.59 Å². The first-order valence-corrected chi connectivity index (χ1v) is 5.53. The molecule has 0 saturated heterocycles. The molecule has 1 amide bonds. The summed E-state index contributed by atoms with van der Waals surface area (Å²) in [5, 5.41) is 5.84. The Morgan fingerprint density at radius 1 is 1.44 bits per heavy atom. The van der Waals surface area contributed by atoms with Crippen LogP contribution in [0.25, 0.3) is 0 Å². The van der Waals surface area contributed by atoms with Crippen LogP contribution in [0.5, 0.6) is 0 Å². The largest absolute Gasteiger partial charge is 0.383 e. The van der Waals surface area contributed by atoms with Gasteiger partial charge in [0.05, 0.1) is 10.7 Å². The minimum atomic E-state index is -0.463. The number of nitroso groups, excluding NO2 is 1. The summed E-state index contributed by atoms with van der Waals surface area (Å²) in [4.78, 5) is 32.5. The van der Waals surface area contributed by atoms with Crippen molar-refractivity contribution in [2.75, 3.05) is 11.9 Å². The van der Waals surface area contributed by atoms with Crippen molar-refractivity contribution in [1.29, 1.82) is 0 Å². The first kappa shape index (κ1) is 14.1. The van der Waals surface area contributed by atoms with Crippen molar-refractivity contribution in [2.24, 2.45) is 10.9 Å². The van der Waals surface area contributed by atoms with Gasteiger partial charge in [0.25, 0.3) is 0 Å². The molecule has 6 nitrogen and oxygen atoms in total. The molecule has 0 aliphatic carbocycles. The number of nitrogens with two attached hydrogens (primary N) is 1. The molecule has 1 aromatic carbocycles. The average molecular weight is 270 g/mol. The van der Waals surface area contributed by atoms with Crippen LogP contribution in [0.3, 0.4) is 0 Å². The van der Waals surface area contributed by atoms with Crippen molar-refractivity contribution in [2.45, 2.75) is 13.3 Å². The third-order valence-corrected chi connectivity index (χ3v) is 2.56. The summed E-state index contributed by atoms with van der Waals surface area (Å²) in [6.07, 6.45) is 0.115. The third kappa shape index (κ3) is 3.53. The standard InChI is InChI=1S/C11H12ClN3O3/c1-6(16)7-4-10(15-18)9(5-8(7)12)14-3-2-11(13)17/h4-5,14H,2-3H2,1H3,(H2,13,17). The molecule has 1 rings (SSSR count). The summed E-state index contributed by atoms with van der Waals surface area (Å²) in [5.74, 6) is -0.719. The molecule has 0 atom stereocenters. The Kier molecular flexibility index (Phi) is 4.79. The fraction of sp³-hybridized carbons (Fsp3) is 0.273. The van der Waals surface area contributed by atoms with Crippen molar-refractivity contribution < 1.29 is 9.59 Å². The number of carbonyl (C=O) groups is 2. The van der Waals surface area contributed by atoms with Crippen LogP contribution in [0.1, 0.15) is 23.7 Å². The molecule has 0 aromatic heterocycles. The van der Waals surface area contributed by atoms with E-state index in [1.54, 1.807) is 0 Å². The highest BCUT2D eigenvalue weighted by atomic mass is 35.5. The van der Waals surface area contributed by atoms with Crippen LogP contribution in [-0.2, 0) is 4.79 Å². The van der Waals surface area contributed by atoms with Gasteiger partial charge in [-0.05, 0) is 24.2 Å². The number of ketones is 1. The lowest BCUT2D eigenvalue weighted by atomic mass is 10.1. The Morgan fingerprint density at radius 2 is 2.11 bits per heavy atom. The van der Waals surface area contributed by atoms with Crippen LogP contribution < -0.4 is 11.1 Å². The number of anilines is 1. The fourth-order valence-corrected chi connectivity index (χ4v) is 1.67. The highest BCUT2D eigenvalue weighted by molar-refractivity contribution is 6.34. The number of primary amides is 1. The molecular formula is C11H12ClN3O3. The molecular weight excluding hydrogens is 258 g/mol. The first-order chi connectivity index (χ1) is 8.45. The molecule has 0 saturated carbocycles. The minimum absolute atomic E-state index is 0.0640. The lowest BCUT2D eigenvalue weighted by molar-refractivity contribution is -0.117. The van der Waals surface area contributed by atoms with E-state index >= 15 is 0 Å². The van der Waals surface area contributed by atoms with Crippen LogP contribution in [0.15, 0.2) is 17.3 Å². The number of hydrogen-bond acceptors (Lipinski definition) is 5. The predicted molar refractivity (Wildman–Crippen MR) is 69.2 cm³/mol. The van der Waals surface area contributed by atoms with Gasteiger partial charge < -0.3 is 11.1 Å². The summed E-state index contributed by atoms with van der Waals surface area (Å²) >= 11 is 5.90. The van der Waals surface area contributed by atoms with Crippen LogP contribution in [0, 0.1) is 4.91 Å². The number of carbonyl (C=O) groups excluding carboxylic acids is 2. The number of nitrogens with zero attached hydrogens (tertiary/aromatic N) is 1. The van der Waals surface area contributed by atoms with Crippen molar-refractivity contribution in [3.8, 4) is 0 Å². The Balaban J connectivity index is 2.98. The topological polar surface area (TPSA) is 102 Å². The van der Waals surface area contributed by atoms with E-state index in [2.05, 4.69) is 10.5 Å². The summed E-state index contributed by atoms with van der Waals surface area (Å²) in [6.45, 7) is 1.60. The van der Waals surface area contributed by atoms with Crippen molar-refractivity contribution in [3.63, 3.8) is 0 Å². The summed E-state index contributed by atoms with van der Waals surface area (Å²) in [7, 11) is 0. The number of hydrogen-bond donors (Lipinski definition) is 2. The molecule has 0 unspecified atom stereocenters. The lowest BCUT2D eigenvalue weighted by Gasteiger charge is -2.09. The van der Waals surface area contributed by atoms with E-state index in [4.69, 9.17) is 17.3 Å². The maximum atomic E-state index is 11.2. The average Bonchev–Trinajstić information content (AvgIpc) is 2.28. The molecule has 7 heteroatoms. The van der Waals surface area contributed by atoms with Crippen LogP contribution in [0.4, 0.5) is 11.4 Å². The molecule has 1 aromatic rings. The van der Waals surface area contributed by atoms with Gasteiger partial charge in [-0.2, -0.15) is 0 Å². The minimum Gasteiger partial charge on any atom is -0.383 e. The van der Waals surface area contributed by atoms with Crippen molar-refractivity contribution >= 4 is 34.7 Å². The van der Waals surface area contributed by atoms with Gasteiger partial charge in [-0.25, -0.2) is 0 Å². The second-order valence-corrected chi connectivity index (χ2v) is 4.05. The van der Waals surface area contributed by atoms with Crippen molar-refractivity contribution in [1.82, 2.24) is 0 Å². The number of Topliss-reactive ketones (excluding diaryl/α,β-unsaturated/α-hetero) is 1. The smallest absolute Gasteiger partial charge is 0.219 e. The molecule has 96 valence electrons. The van der Waals surface area contributed by atoms with E-state index in [0.29, 0.717) is 5.69 Å². The van der Waals surface area contributed by atoms with Crippen LogP contribution >= 0.6 is 11.6 Å². The number of nitrogens with one attached hydrogen (secondary N) is 1. The number of halogens is 1. The molecule has 0 radical (unpaired) electrons. The molecule has 0 spiro atoms. The number of benzene rings is 1. The SMILES string of the molecule is CC(=O)c1cc(N=O)c(NCCC(N)=O)cc1Cl. The van der Waals surface area contributed by atoms with Gasteiger partial charge in [0, 0.05) is 18.5 Å². The zero-order valence-corrected chi connectivity index (χ0v) is 10.5. The maximum absolute atomic E-state index is 11.2. The Bertz CT molecular complexity index is 503. The van der Waals surface area contributed by atoms with E-state index in [-0.39, 0.29) is 35.0 Å². The van der Waals surface area contributed by atoms with E-state index in [1.807, 2.05) is 0 Å². The van der Waals surface area contributed by atoms with Crippen LogP contribution in [-0.4, -0.2) is 18.2 Å². The molecule has 18 heavy (non-hydrogen) atoms. The molecule has 3 N–H and O–H groups in total. The van der Waals surface area contributed by atoms with E-state index in [0.717, 1.165) is 0 Å². The van der Waals surface area contributed by atoms with Crippen LogP contribution in [0.2, 0.25) is 5.02 Å². The highest BCUT2D eigenvalue weighted by Crippen LogP contribution is 2.31. The summed E-state index contributed by atoms with van der Waals surface area (Å²) < 4.78 is 0. The van der Waals surface area contributed by atoms with Gasteiger partial charge in [0.15, 0.2) is 5.78 Å². The Labute approximate surface area is 108 Å². The first-order valence-electron chi connectivity index (χ1n) is 5.15. The summed E-state index contributed by atoms with van der Waals surface area (Å²) in [6, 6.07) is 2.74. The molecule has 0 heterocycles. The second-order valence-electron chi connectivity index (χ2n) is 3.64. The zero-order chi connectivity index (χ0) is 13.7. The molecule has 0 fully saturated rings. The fourth-order valence-electron chi connectivity index (χ4n) is 1.37. The molecule has 0 aliphatic heterocycles. The maximum Gasteiger partial charge on any atom is 0.219 e. The lowest BCUT2D eigenvalue weighted by Crippen LogP contribution is -2.15. The monoisotopic (exact) mass is 269 g/mol. The van der Waals surface area contributed by atoms with Gasteiger partial charge in [0.1, 0.15) is 5.69 Å². The molecule has 0 aliphatic rings. The molecule has 0 bridgehead atoms. The number of amides is 1. The number of rotatable bonds is 6. The van der Waals surface area contributed by atoms with Gasteiger partial charge in [-0.1, -0.05) is 11.6 Å². The Morgan fingerprint density at radius 3 is 2.61 bits per heavy atom. The van der Waals surface area contributed by atoms with Gasteiger partial charge >= 0.3 is 0 Å². The quantitative estimate of drug-likeness (QED) is 0.610. The summed E-state index contributed by atoms with van der Waals surface area (Å²) in [5.41, 5.74) is 5.64. The van der Waals surface area contributed by atoms with Gasteiger partial charge in [-0.15, -0.1) is 4.91 Å². The predicted octanol–water partition coefficient (Wildman–Crippen LogP) is 2.23. The zero-order valence-electron chi connectivity index (χ0n) is 9.70. The van der Waals surface area contributed by atoms with E-state index < -0.39 is 5.91 Å². The van der Waals surface area contributed by atoms with Gasteiger partial charge in [0.2, 0.25) is 5.91 Å². The van der Waals surface area contributed by atoms with E-state index in [1.165, 1.54) is 19.1 Å². The Hall–Kier alpha value is -1.95. The van der Waals surface area contributed by atoms with E-state index in [9.17, 15) is 14.5 Å².